The van der Waals surface area contributed by atoms with Crippen molar-refractivity contribution in [2.45, 2.75) is 32.6 Å². The van der Waals surface area contributed by atoms with Crippen LogP contribution < -0.4 is 4.74 Å². The van der Waals surface area contributed by atoms with E-state index < -0.39 is 0 Å². The number of carbonyl (C=O) groups is 1. The zero-order valence-electron chi connectivity index (χ0n) is 17.4. The molecule has 3 aromatic carbocycles. The summed E-state index contributed by atoms with van der Waals surface area (Å²) in [7, 11) is 0. The fourth-order valence-corrected chi connectivity index (χ4v) is 3.32. The summed E-state index contributed by atoms with van der Waals surface area (Å²) in [5.41, 5.74) is 3.75. The van der Waals surface area contributed by atoms with Gasteiger partial charge in [-0.2, -0.15) is 0 Å². The Balaban J connectivity index is 1.69. The Kier molecular flexibility index (Phi) is 6.66. The summed E-state index contributed by atoms with van der Waals surface area (Å²) in [6, 6.07) is 25.5. The van der Waals surface area contributed by atoms with E-state index in [1.807, 2.05) is 73.7 Å². The highest BCUT2D eigenvalue weighted by Crippen LogP contribution is 2.29. The first kappa shape index (κ1) is 20.6. The van der Waals surface area contributed by atoms with Crippen LogP contribution in [0.1, 0.15) is 54.2 Å². The first-order valence-electron chi connectivity index (χ1n) is 10.1. The molecule has 0 amide bonds. The second-order valence-electron chi connectivity index (χ2n) is 7.77. The van der Waals surface area contributed by atoms with Crippen LogP contribution in [0.5, 0.6) is 5.75 Å². The van der Waals surface area contributed by atoms with Crippen molar-refractivity contribution in [3.63, 3.8) is 0 Å². The van der Waals surface area contributed by atoms with Gasteiger partial charge in [0.15, 0.2) is 5.78 Å². The van der Waals surface area contributed by atoms with E-state index in [9.17, 15) is 4.79 Å². The molecule has 3 rings (SSSR count). The van der Waals surface area contributed by atoms with Crippen LogP contribution in [0, 0.1) is 0 Å². The molecule has 0 aromatic heterocycles. The zero-order valence-corrected chi connectivity index (χ0v) is 17.4. The van der Waals surface area contributed by atoms with Gasteiger partial charge < -0.3 is 4.74 Å². The van der Waals surface area contributed by atoms with Crippen molar-refractivity contribution >= 4 is 11.9 Å². The fraction of sp³-hybridized carbons (Fsp3) is 0.222. The van der Waals surface area contributed by atoms with Crippen LogP contribution in [0.15, 0.2) is 84.9 Å². The highest BCUT2D eigenvalue weighted by Gasteiger charge is 2.18. The predicted octanol–water partition coefficient (Wildman–Crippen LogP) is 6.70. The van der Waals surface area contributed by atoms with Crippen LogP contribution in [0.3, 0.4) is 0 Å². The molecule has 0 bridgehead atoms. The minimum absolute atomic E-state index is 0.0126. The second kappa shape index (κ2) is 9.38. The van der Waals surface area contributed by atoms with Gasteiger partial charge in [0, 0.05) is 11.1 Å². The summed E-state index contributed by atoms with van der Waals surface area (Å²) in [6.45, 7) is 7.15. The Morgan fingerprint density at radius 2 is 1.59 bits per heavy atom. The number of benzene rings is 3. The summed E-state index contributed by atoms with van der Waals surface area (Å²) in [4.78, 5) is 12.7. The van der Waals surface area contributed by atoms with Crippen molar-refractivity contribution in [2.75, 3.05) is 6.61 Å². The van der Waals surface area contributed by atoms with Gasteiger partial charge in [-0.1, -0.05) is 86.7 Å². The number of hydrogen-bond acceptors (Lipinski definition) is 2. The van der Waals surface area contributed by atoms with Crippen LogP contribution in [-0.2, 0) is 5.41 Å². The quantitative estimate of drug-likeness (QED) is 0.404. The van der Waals surface area contributed by atoms with E-state index in [1.54, 1.807) is 0 Å². The predicted molar refractivity (Wildman–Crippen MR) is 121 cm³/mol. The Bertz CT molecular complexity index is 967. The number of ketones is 1. The molecule has 0 unspecified atom stereocenters. The van der Waals surface area contributed by atoms with Gasteiger partial charge in [-0.05, 0) is 48.1 Å². The molecule has 3 aromatic rings. The Morgan fingerprint density at radius 1 is 0.897 bits per heavy atom. The average Bonchev–Trinajstić information content (AvgIpc) is 2.74. The number of allylic oxidation sites excluding steroid dienone is 1. The number of hydrogen-bond donors (Lipinski definition) is 0. The van der Waals surface area contributed by atoms with Gasteiger partial charge in [-0.3, -0.25) is 4.79 Å². The van der Waals surface area contributed by atoms with Crippen LogP contribution in [0.4, 0.5) is 0 Å². The van der Waals surface area contributed by atoms with Crippen molar-refractivity contribution in [2.24, 2.45) is 0 Å². The molecule has 2 heteroatoms. The van der Waals surface area contributed by atoms with Gasteiger partial charge in [-0.25, -0.2) is 0 Å². The third-order valence-electron chi connectivity index (χ3n) is 5.07. The molecule has 0 aliphatic rings. The third-order valence-corrected chi connectivity index (χ3v) is 5.07. The van der Waals surface area contributed by atoms with Crippen LogP contribution >= 0.6 is 0 Å². The minimum atomic E-state index is 0.0126. The summed E-state index contributed by atoms with van der Waals surface area (Å²) in [6.07, 6.45) is 5.18. The van der Waals surface area contributed by atoms with Crippen molar-refractivity contribution < 1.29 is 9.53 Å². The van der Waals surface area contributed by atoms with E-state index >= 15 is 0 Å². The third kappa shape index (κ3) is 5.45. The Hall–Kier alpha value is -3.13. The van der Waals surface area contributed by atoms with Gasteiger partial charge in [0.25, 0.3) is 0 Å². The van der Waals surface area contributed by atoms with E-state index in [-0.39, 0.29) is 11.2 Å². The Labute approximate surface area is 173 Å². The molecule has 0 fully saturated rings. The summed E-state index contributed by atoms with van der Waals surface area (Å²) in [5, 5.41) is 0. The number of carbonyl (C=O) groups excluding carboxylic acids is 1. The summed E-state index contributed by atoms with van der Waals surface area (Å²) >= 11 is 0. The minimum Gasteiger partial charge on any atom is -0.494 e. The van der Waals surface area contributed by atoms with E-state index in [0.717, 1.165) is 17.7 Å². The molecule has 2 nitrogen and oxygen atoms in total. The lowest BCUT2D eigenvalue weighted by Gasteiger charge is -2.24. The molecule has 0 saturated carbocycles. The smallest absolute Gasteiger partial charge is 0.193 e. The second-order valence-corrected chi connectivity index (χ2v) is 7.77. The van der Waals surface area contributed by atoms with E-state index in [1.165, 1.54) is 5.56 Å². The zero-order chi connectivity index (χ0) is 20.7. The molecule has 29 heavy (non-hydrogen) atoms. The summed E-state index contributed by atoms with van der Waals surface area (Å²) < 4.78 is 5.53. The van der Waals surface area contributed by atoms with Gasteiger partial charge in [0.05, 0.1) is 6.61 Å². The lowest BCUT2D eigenvalue weighted by atomic mass is 9.81. The maximum atomic E-state index is 12.7. The molecule has 0 radical (unpaired) electrons. The van der Waals surface area contributed by atoms with E-state index in [2.05, 4.69) is 38.1 Å². The lowest BCUT2D eigenvalue weighted by Crippen LogP contribution is -2.15. The van der Waals surface area contributed by atoms with Gasteiger partial charge in [-0.15, -0.1) is 0 Å². The first-order valence-corrected chi connectivity index (χ1v) is 10.1. The van der Waals surface area contributed by atoms with Crippen molar-refractivity contribution in [1.82, 2.24) is 0 Å². The Morgan fingerprint density at radius 3 is 2.28 bits per heavy atom. The standard InChI is InChI=1S/C27H28O2/c1-4-29-25-17-15-24(16-18-25)27(2,3)19-9-11-21-10-8-14-23(20-21)26(28)22-12-6-5-7-13-22/h5-18,20H,4,19H2,1-3H3/b11-9+. The maximum absolute atomic E-state index is 12.7. The highest BCUT2D eigenvalue weighted by molar-refractivity contribution is 6.09. The lowest BCUT2D eigenvalue weighted by molar-refractivity contribution is 0.103. The van der Waals surface area contributed by atoms with Crippen molar-refractivity contribution in [3.8, 4) is 5.75 Å². The van der Waals surface area contributed by atoms with Crippen LogP contribution in [0.25, 0.3) is 6.08 Å². The topological polar surface area (TPSA) is 26.3 Å². The molecular formula is C27H28O2. The molecule has 148 valence electrons. The molecule has 0 spiro atoms. The molecule has 0 saturated heterocycles. The molecule has 0 aliphatic carbocycles. The molecule has 0 atom stereocenters. The number of ether oxygens (including phenoxy) is 1. The monoisotopic (exact) mass is 384 g/mol. The van der Waals surface area contributed by atoms with Crippen LogP contribution in [0.2, 0.25) is 0 Å². The van der Waals surface area contributed by atoms with Gasteiger partial charge in [0.2, 0.25) is 0 Å². The summed E-state index contributed by atoms with van der Waals surface area (Å²) in [5.74, 6) is 0.957. The van der Waals surface area contributed by atoms with Gasteiger partial charge >= 0.3 is 0 Å². The maximum Gasteiger partial charge on any atom is 0.193 e. The van der Waals surface area contributed by atoms with Crippen molar-refractivity contribution in [3.05, 3.63) is 107 Å². The molecule has 0 heterocycles. The van der Waals surface area contributed by atoms with Crippen LogP contribution in [-0.4, -0.2) is 12.4 Å². The van der Waals surface area contributed by atoms with E-state index in [4.69, 9.17) is 4.74 Å². The SMILES string of the molecule is CCOc1ccc(C(C)(C)C/C=C/c2cccc(C(=O)c3ccccc3)c2)cc1. The van der Waals surface area contributed by atoms with Gasteiger partial charge in [0.1, 0.15) is 5.75 Å². The molecule has 0 N–H and O–H groups in total. The van der Waals surface area contributed by atoms with Crippen molar-refractivity contribution in [1.29, 1.82) is 0 Å². The molecule has 0 aliphatic heterocycles. The normalized spacial score (nSPS) is 11.6. The molecular weight excluding hydrogens is 356 g/mol. The average molecular weight is 385 g/mol. The highest BCUT2D eigenvalue weighted by atomic mass is 16.5. The van der Waals surface area contributed by atoms with E-state index in [0.29, 0.717) is 17.7 Å². The first-order chi connectivity index (χ1) is 14.0. The number of rotatable bonds is 8. The fourth-order valence-electron chi connectivity index (χ4n) is 3.32. The largest absolute Gasteiger partial charge is 0.494 e.